The van der Waals surface area contributed by atoms with Crippen LogP contribution in [0.15, 0.2) is 65.8 Å². The van der Waals surface area contributed by atoms with E-state index in [1.54, 1.807) is 26.4 Å². The Morgan fingerprint density at radius 1 is 1.03 bits per heavy atom. The van der Waals surface area contributed by atoms with Crippen LogP contribution < -0.4 is 19.6 Å². The summed E-state index contributed by atoms with van der Waals surface area (Å²) < 4.78 is 17.1. The molecule has 0 bridgehead atoms. The van der Waals surface area contributed by atoms with Crippen molar-refractivity contribution in [2.45, 2.75) is 19.4 Å². The third kappa shape index (κ3) is 4.34. The van der Waals surface area contributed by atoms with Crippen LogP contribution in [0, 0.1) is 17.0 Å². The number of aryl methyl sites for hydroxylation is 1. The van der Waals surface area contributed by atoms with Crippen molar-refractivity contribution in [2.24, 2.45) is 5.10 Å². The number of methoxy groups -OCH3 is 2. The van der Waals surface area contributed by atoms with Crippen LogP contribution in [0.3, 0.4) is 0 Å². The molecule has 8 nitrogen and oxygen atoms in total. The molecule has 1 atom stereocenters. The van der Waals surface area contributed by atoms with Gasteiger partial charge in [0.25, 0.3) is 5.69 Å². The first-order valence-electron chi connectivity index (χ1n) is 10.0. The van der Waals surface area contributed by atoms with E-state index in [2.05, 4.69) is 10.5 Å². The summed E-state index contributed by atoms with van der Waals surface area (Å²) in [7, 11) is 3.20. The van der Waals surface area contributed by atoms with Gasteiger partial charge in [0.2, 0.25) is 0 Å². The second kappa shape index (κ2) is 8.97. The molecule has 0 radical (unpaired) electrons. The van der Waals surface area contributed by atoms with Crippen LogP contribution >= 0.6 is 0 Å². The van der Waals surface area contributed by atoms with E-state index in [0.29, 0.717) is 23.6 Å². The van der Waals surface area contributed by atoms with Gasteiger partial charge in [0.15, 0.2) is 11.5 Å². The van der Waals surface area contributed by atoms with Gasteiger partial charge in [-0.25, -0.2) is 0 Å². The number of rotatable bonds is 6. The molecule has 0 aromatic heterocycles. The molecule has 0 amide bonds. The van der Waals surface area contributed by atoms with Gasteiger partial charge in [-0.3, -0.25) is 15.5 Å². The normalized spacial score (nSPS) is 16.1. The lowest BCUT2D eigenvalue weighted by Gasteiger charge is -2.28. The summed E-state index contributed by atoms with van der Waals surface area (Å²) in [5.41, 5.74) is 7.49. The first-order chi connectivity index (χ1) is 15.5. The van der Waals surface area contributed by atoms with Gasteiger partial charge < -0.3 is 14.2 Å². The molecule has 0 saturated heterocycles. The van der Waals surface area contributed by atoms with Crippen LogP contribution in [-0.2, 0) is 0 Å². The van der Waals surface area contributed by atoms with Crippen LogP contribution in [-0.4, -0.2) is 24.9 Å². The number of fused-ring (bicyclic) bond motifs is 1. The van der Waals surface area contributed by atoms with E-state index >= 15 is 0 Å². The van der Waals surface area contributed by atoms with Crippen molar-refractivity contribution in [1.29, 1.82) is 0 Å². The maximum absolute atomic E-state index is 10.9. The molecule has 0 saturated carbocycles. The fourth-order valence-corrected chi connectivity index (χ4v) is 3.59. The summed E-state index contributed by atoms with van der Waals surface area (Å²) >= 11 is 0. The van der Waals surface area contributed by atoms with Crippen molar-refractivity contribution < 1.29 is 19.1 Å². The number of ether oxygens (including phenoxy) is 3. The van der Waals surface area contributed by atoms with E-state index in [0.717, 1.165) is 28.2 Å². The van der Waals surface area contributed by atoms with Crippen LogP contribution in [0.5, 0.6) is 17.2 Å². The third-order valence-electron chi connectivity index (χ3n) is 5.27. The highest BCUT2D eigenvalue weighted by Gasteiger charge is 2.27. The zero-order valence-corrected chi connectivity index (χ0v) is 18.0. The first kappa shape index (κ1) is 21.2. The number of non-ortho nitro benzene ring substituents is 1. The van der Waals surface area contributed by atoms with Crippen molar-refractivity contribution in [3.05, 3.63) is 87.5 Å². The van der Waals surface area contributed by atoms with Gasteiger partial charge in [0.1, 0.15) is 11.9 Å². The highest BCUT2D eigenvalue weighted by Crippen LogP contribution is 2.38. The van der Waals surface area contributed by atoms with E-state index < -0.39 is 4.92 Å². The van der Waals surface area contributed by atoms with Crippen LogP contribution in [0.25, 0.3) is 0 Å². The van der Waals surface area contributed by atoms with Crippen molar-refractivity contribution >= 4 is 17.1 Å². The Labute approximate surface area is 185 Å². The van der Waals surface area contributed by atoms with Gasteiger partial charge in [-0.05, 0) is 48.9 Å². The van der Waals surface area contributed by atoms with Crippen molar-refractivity contribution in [3.63, 3.8) is 0 Å². The molecule has 8 heteroatoms. The monoisotopic (exact) mass is 433 g/mol. The lowest BCUT2D eigenvalue weighted by Crippen LogP contribution is -2.22. The summed E-state index contributed by atoms with van der Waals surface area (Å²) in [4.78, 5) is 10.4. The lowest BCUT2D eigenvalue weighted by molar-refractivity contribution is -0.384. The van der Waals surface area contributed by atoms with E-state index in [1.807, 2.05) is 43.3 Å². The number of benzene rings is 3. The highest BCUT2D eigenvalue weighted by atomic mass is 16.6. The van der Waals surface area contributed by atoms with Gasteiger partial charge in [-0.15, -0.1) is 0 Å². The molecule has 0 spiro atoms. The van der Waals surface area contributed by atoms with Gasteiger partial charge in [-0.1, -0.05) is 17.7 Å². The molecule has 1 unspecified atom stereocenters. The minimum absolute atomic E-state index is 0.0313. The minimum Gasteiger partial charge on any atom is -0.493 e. The summed E-state index contributed by atoms with van der Waals surface area (Å²) in [6.07, 6.45) is 0.272. The van der Waals surface area contributed by atoms with E-state index in [9.17, 15) is 10.1 Å². The zero-order valence-electron chi connectivity index (χ0n) is 18.0. The highest BCUT2D eigenvalue weighted by molar-refractivity contribution is 6.04. The number of anilines is 1. The Balaban J connectivity index is 1.66. The summed E-state index contributed by atoms with van der Waals surface area (Å²) in [5, 5.41) is 15.5. The molecule has 0 aliphatic carbocycles. The molecule has 3 aromatic rings. The molecule has 1 aliphatic heterocycles. The van der Waals surface area contributed by atoms with Crippen molar-refractivity contribution in [2.75, 3.05) is 19.6 Å². The van der Waals surface area contributed by atoms with Gasteiger partial charge in [-0.2, -0.15) is 5.10 Å². The number of hydrazone groups is 1. The molecule has 3 aromatic carbocycles. The van der Waals surface area contributed by atoms with Gasteiger partial charge >= 0.3 is 0 Å². The number of nitro benzene ring substituents is 1. The summed E-state index contributed by atoms with van der Waals surface area (Å²) in [6.45, 7) is 2.02. The summed E-state index contributed by atoms with van der Waals surface area (Å²) in [6, 6.07) is 17.8. The van der Waals surface area contributed by atoms with Gasteiger partial charge in [0.05, 0.1) is 30.5 Å². The quantitative estimate of drug-likeness (QED) is 0.421. The van der Waals surface area contributed by atoms with Crippen LogP contribution in [0.2, 0.25) is 0 Å². The second-order valence-electron chi connectivity index (χ2n) is 7.40. The maximum Gasteiger partial charge on any atom is 0.269 e. The first-order valence-corrected chi connectivity index (χ1v) is 10.0. The molecule has 32 heavy (non-hydrogen) atoms. The van der Waals surface area contributed by atoms with Crippen LogP contribution in [0.4, 0.5) is 11.4 Å². The van der Waals surface area contributed by atoms with Crippen molar-refractivity contribution in [1.82, 2.24) is 0 Å². The fourth-order valence-electron chi connectivity index (χ4n) is 3.59. The number of nitrogens with zero attached hydrogens (tertiary/aromatic N) is 2. The fraction of sp³-hybridized carbons (Fsp3) is 0.208. The number of hydrogen-bond acceptors (Lipinski definition) is 7. The molecule has 1 aliphatic rings. The smallest absolute Gasteiger partial charge is 0.269 e. The molecule has 0 fully saturated rings. The Morgan fingerprint density at radius 3 is 2.47 bits per heavy atom. The topological polar surface area (TPSA) is 95.2 Å². The SMILES string of the molecule is COc1ccc(C2CC(=NNc3ccc([N+](=O)[O-])cc3)c3cc(C)ccc3O2)cc1OC. The Hall–Kier alpha value is -4.07. The Bertz CT molecular complexity index is 1170. The molecule has 1 N–H and O–H groups in total. The number of hydrogen-bond donors (Lipinski definition) is 1. The standard InChI is InChI=1S/C24H23N3O5/c1-15-4-10-21-19(12-15)20(26-25-17-6-8-18(9-7-17)27(28)29)14-23(32-21)16-5-11-22(30-2)24(13-16)31-3/h4-13,23,25H,14H2,1-3H3. The average molecular weight is 433 g/mol. The average Bonchev–Trinajstić information content (AvgIpc) is 2.82. The third-order valence-corrected chi connectivity index (χ3v) is 5.27. The predicted molar refractivity (Wildman–Crippen MR) is 122 cm³/mol. The zero-order chi connectivity index (χ0) is 22.7. The lowest BCUT2D eigenvalue weighted by atomic mass is 9.94. The predicted octanol–water partition coefficient (Wildman–Crippen LogP) is 5.26. The Morgan fingerprint density at radius 2 is 1.78 bits per heavy atom. The molecule has 1 heterocycles. The largest absolute Gasteiger partial charge is 0.493 e. The van der Waals surface area contributed by atoms with E-state index in [4.69, 9.17) is 14.2 Å². The van der Waals surface area contributed by atoms with Gasteiger partial charge in [0, 0.05) is 24.1 Å². The summed E-state index contributed by atoms with van der Waals surface area (Å²) in [5.74, 6) is 2.02. The van der Waals surface area contributed by atoms with Crippen LogP contribution in [0.1, 0.15) is 29.2 Å². The van der Waals surface area contributed by atoms with E-state index in [1.165, 1.54) is 12.1 Å². The molecule has 4 rings (SSSR count). The maximum atomic E-state index is 10.9. The molecular formula is C24H23N3O5. The molecule has 164 valence electrons. The second-order valence-corrected chi connectivity index (χ2v) is 7.40. The molecular weight excluding hydrogens is 410 g/mol. The number of nitro groups is 1. The number of nitrogens with one attached hydrogen (secondary N) is 1. The Kier molecular flexibility index (Phi) is 5.93. The van der Waals surface area contributed by atoms with E-state index in [-0.39, 0.29) is 11.8 Å². The van der Waals surface area contributed by atoms with Crippen molar-refractivity contribution in [3.8, 4) is 17.2 Å². The minimum atomic E-state index is -0.430.